The number of hydrogen-bond donors (Lipinski definition) is 0. The van der Waals surface area contributed by atoms with Gasteiger partial charge in [0, 0.05) is 16.8 Å². The van der Waals surface area contributed by atoms with Gasteiger partial charge in [-0.05, 0) is 35.7 Å². The molecule has 0 aliphatic carbocycles. The molecule has 1 heterocycles. The van der Waals surface area contributed by atoms with Crippen molar-refractivity contribution in [1.82, 2.24) is 10.2 Å². The predicted octanol–water partition coefficient (Wildman–Crippen LogP) is 3.92. The van der Waals surface area contributed by atoms with Gasteiger partial charge in [0.25, 0.3) is 0 Å². The van der Waals surface area contributed by atoms with Crippen LogP contribution in [0.25, 0.3) is 11.3 Å². The molecule has 2 aromatic rings. The first-order valence-corrected chi connectivity index (χ1v) is 5.64. The third kappa shape index (κ3) is 2.22. The summed E-state index contributed by atoms with van der Waals surface area (Å²) < 4.78 is 0. The van der Waals surface area contributed by atoms with Crippen LogP contribution in [0.3, 0.4) is 0 Å². The second-order valence-corrected chi connectivity index (χ2v) is 4.43. The molecule has 1 aromatic carbocycles. The van der Waals surface area contributed by atoms with E-state index in [4.69, 9.17) is 11.6 Å². The van der Waals surface area contributed by atoms with E-state index in [0.717, 1.165) is 16.3 Å². The molecule has 2 nitrogen and oxygen atoms in total. The minimum Gasteiger partial charge on any atom is -0.159 e. The zero-order valence-electron chi connectivity index (χ0n) is 9.31. The lowest BCUT2D eigenvalue weighted by atomic mass is 9.95. The van der Waals surface area contributed by atoms with E-state index in [9.17, 15) is 0 Å². The Labute approximate surface area is 100 Å². The summed E-state index contributed by atoms with van der Waals surface area (Å²) in [6.07, 6.45) is 1.68. The number of nitrogens with zero attached hydrogens (tertiary/aromatic N) is 2. The van der Waals surface area contributed by atoms with Crippen molar-refractivity contribution in [2.45, 2.75) is 19.8 Å². The van der Waals surface area contributed by atoms with Gasteiger partial charge in [0.05, 0.1) is 5.69 Å². The molecule has 0 saturated heterocycles. The van der Waals surface area contributed by atoms with Gasteiger partial charge in [0.1, 0.15) is 0 Å². The lowest BCUT2D eigenvalue weighted by Gasteiger charge is -2.12. The van der Waals surface area contributed by atoms with Crippen molar-refractivity contribution in [2.24, 2.45) is 0 Å². The van der Waals surface area contributed by atoms with E-state index in [0.29, 0.717) is 5.92 Å². The van der Waals surface area contributed by atoms with E-state index in [-0.39, 0.29) is 0 Å². The summed E-state index contributed by atoms with van der Waals surface area (Å²) in [5.74, 6) is 0.413. The van der Waals surface area contributed by atoms with E-state index in [2.05, 4.69) is 24.0 Å². The first-order chi connectivity index (χ1) is 7.68. The lowest BCUT2D eigenvalue weighted by molar-refractivity contribution is 0.866. The van der Waals surface area contributed by atoms with Gasteiger partial charge in [0.2, 0.25) is 0 Å². The topological polar surface area (TPSA) is 25.8 Å². The van der Waals surface area contributed by atoms with Crippen LogP contribution < -0.4 is 0 Å². The highest BCUT2D eigenvalue weighted by Gasteiger charge is 2.10. The molecular formula is C13H13ClN2. The SMILES string of the molecule is CC(C)c1cc(Cl)ccc1-c1cccnn1. The smallest absolute Gasteiger partial charge is 0.0932 e. The van der Waals surface area contributed by atoms with Crippen LogP contribution in [0.2, 0.25) is 5.02 Å². The maximum Gasteiger partial charge on any atom is 0.0932 e. The highest BCUT2D eigenvalue weighted by atomic mass is 35.5. The molecule has 0 atom stereocenters. The van der Waals surface area contributed by atoms with E-state index in [1.807, 2.05) is 30.3 Å². The summed E-state index contributed by atoms with van der Waals surface area (Å²) >= 11 is 6.01. The predicted molar refractivity (Wildman–Crippen MR) is 66.6 cm³/mol. The summed E-state index contributed by atoms with van der Waals surface area (Å²) in [5.41, 5.74) is 3.20. The molecule has 0 spiro atoms. The molecular weight excluding hydrogens is 220 g/mol. The van der Waals surface area contributed by atoms with Gasteiger partial charge in [-0.15, -0.1) is 0 Å². The molecule has 0 N–H and O–H groups in total. The second-order valence-electron chi connectivity index (χ2n) is 4.00. The average molecular weight is 233 g/mol. The van der Waals surface area contributed by atoms with Crippen LogP contribution in [0.15, 0.2) is 36.5 Å². The van der Waals surface area contributed by atoms with Crippen LogP contribution in [0.1, 0.15) is 25.3 Å². The van der Waals surface area contributed by atoms with Crippen molar-refractivity contribution in [3.05, 3.63) is 47.1 Å². The molecule has 82 valence electrons. The van der Waals surface area contributed by atoms with Crippen molar-refractivity contribution >= 4 is 11.6 Å². The van der Waals surface area contributed by atoms with Gasteiger partial charge in [0.15, 0.2) is 0 Å². The Morgan fingerprint density at radius 1 is 1.19 bits per heavy atom. The standard InChI is InChI=1S/C13H13ClN2/c1-9(2)12-8-10(14)5-6-11(12)13-4-3-7-15-16-13/h3-9H,1-2H3. The average Bonchev–Trinajstić information content (AvgIpc) is 2.30. The molecule has 0 aliphatic heterocycles. The van der Waals surface area contributed by atoms with Crippen LogP contribution in [0, 0.1) is 0 Å². The zero-order chi connectivity index (χ0) is 11.5. The lowest BCUT2D eigenvalue weighted by Crippen LogP contribution is -1.94. The first kappa shape index (κ1) is 11.1. The monoisotopic (exact) mass is 232 g/mol. The highest BCUT2D eigenvalue weighted by molar-refractivity contribution is 6.30. The number of halogens is 1. The van der Waals surface area contributed by atoms with Gasteiger partial charge >= 0.3 is 0 Å². The Bertz CT molecular complexity index is 481. The fourth-order valence-corrected chi connectivity index (χ4v) is 1.87. The Kier molecular flexibility index (Phi) is 3.20. The van der Waals surface area contributed by atoms with Gasteiger partial charge in [-0.3, -0.25) is 0 Å². The molecule has 0 unspecified atom stereocenters. The fourth-order valence-electron chi connectivity index (χ4n) is 1.69. The van der Waals surface area contributed by atoms with Crippen LogP contribution >= 0.6 is 11.6 Å². The molecule has 0 bridgehead atoms. The van der Waals surface area contributed by atoms with Crippen LogP contribution in [0.4, 0.5) is 0 Å². The molecule has 0 aliphatic rings. The van der Waals surface area contributed by atoms with Crippen molar-refractivity contribution in [3.8, 4) is 11.3 Å². The van der Waals surface area contributed by atoms with Crippen LogP contribution in [-0.2, 0) is 0 Å². The Morgan fingerprint density at radius 2 is 2.00 bits per heavy atom. The van der Waals surface area contributed by atoms with Crippen molar-refractivity contribution in [2.75, 3.05) is 0 Å². The van der Waals surface area contributed by atoms with E-state index >= 15 is 0 Å². The Morgan fingerprint density at radius 3 is 2.62 bits per heavy atom. The van der Waals surface area contributed by atoms with Crippen molar-refractivity contribution in [3.63, 3.8) is 0 Å². The molecule has 1 aromatic heterocycles. The van der Waals surface area contributed by atoms with Gasteiger partial charge < -0.3 is 0 Å². The van der Waals surface area contributed by atoms with E-state index < -0.39 is 0 Å². The highest BCUT2D eigenvalue weighted by Crippen LogP contribution is 2.29. The number of aromatic nitrogens is 2. The van der Waals surface area contributed by atoms with Gasteiger partial charge in [-0.25, -0.2) is 0 Å². The maximum absolute atomic E-state index is 6.01. The van der Waals surface area contributed by atoms with E-state index in [1.54, 1.807) is 6.20 Å². The number of hydrogen-bond acceptors (Lipinski definition) is 2. The van der Waals surface area contributed by atoms with Gasteiger partial charge in [-0.1, -0.05) is 31.5 Å². The van der Waals surface area contributed by atoms with Gasteiger partial charge in [-0.2, -0.15) is 10.2 Å². The number of rotatable bonds is 2. The third-order valence-electron chi connectivity index (χ3n) is 2.48. The second kappa shape index (κ2) is 4.62. The molecule has 0 saturated carbocycles. The largest absolute Gasteiger partial charge is 0.159 e. The van der Waals surface area contributed by atoms with Crippen molar-refractivity contribution in [1.29, 1.82) is 0 Å². The Hall–Kier alpha value is -1.41. The molecule has 0 amide bonds. The molecule has 2 rings (SSSR count). The summed E-state index contributed by atoms with van der Waals surface area (Å²) in [7, 11) is 0. The van der Waals surface area contributed by atoms with Crippen LogP contribution in [0.5, 0.6) is 0 Å². The summed E-state index contributed by atoms with van der Waals surface area (Å²) in [6.45, 7) is 4.29. The Balaban J connectivity index is 2.57. The summed E-state index contributed by atoms with van der Waals surface area (Å²) in [4.78, 5) is 0. The third-order valence-corrected chi connectivity index (χ3v) is 2.72. The minimum atomic E-state index is 0.413. The normalized spacial score (nSPS) is 10.8. The molecule has 16 heavy (non-hydrogen) atoms. The van der Waals surface area contributed by atoms with Crippen molar-refractivity contribution < 1.29 is 0 Å². The van der Waals surface area contributed by atoms with E-state index in [1.165, 1.54) is 5.56 Å². The van der Waals surface area contributed by atoms with Crippen LogP contribution in [-0.4, -0.2) is 10.2 Å². The molecule has 0 radical (unpaired) electrons. The maximum atomic E-state index is 6.01. The fraction of sp³-hybridized carbons (Fsp3) is 0.231. The minimum absolute atomic E-state index is 0.413. The molecule has 3 heteroatoms. The zero-order valence-corrected chi connectivity index (χ0v) is 10.1. The number of benzene rings is 1. The summed E-state index contributed by atoms with van der Waals surface area (Å²) in [6, 6.07) is 9.73. The quantitative estimate of drug-likeness (QED) is 0.784. The summed E-state index contributed by atoms with van der Waals surface area (Å²) in [5, 5.41) is 8.79. The molecule has 0 fully saturated rings. The first-order valence-electron chi connectivity index (χ1n) is 5.26.